The van der Waals surface area contributed by atoms with Crippen LogP contribution < -0.4 is 11.1 Å². The molecule has 1 heterocycles. The summed E-state index contributed by atoms with van der Waals surface area (Å²) < 4.78 is 19.6. The highest BCUT2D eigenvalue weighted by molar-refractivity contribution is 9.10. The van der Waals surface area contributed by atoms with Crippen LogP contribution in [-0.2, 0) is 9.53 Å². The van der Waals surface area contributed by atoms with Crippen molar-refractivity contribution in [3.63, 3.8) is 0 Å². The van der Waals surface area contributed by atoms with Crippen LogP contribution in [0.25, 0.3) is 0 Å². The highest BCUT2D eigenvalue weighted by Crippen LogP contribution is 2.33. The number of nitrogens with two attached hydrogens (primary N) is 1. The molecule has 0 spiro atoms. The lowest BCUT2D eigenvalue weighted by Crippen LogP contribution is -2.50. The van der Waals surface area contributed by atoms with E-state index in [2.05, 4.69) is 26.4 Å². The SMILES string of the molecule is NC(=NO)C1(C(=O)Nc2cc(Br)ccc2F)CCOCC1. The van der Waals surface area contributed by atoms with E-state index in [1.165, 1.54) is 18.2 Å². The van der Waals surface area contributed by atoms with Gasteiger partial charge in [-0.25, -0.2) is 4.39 Å². The maximum atomic E-state index is 13.7. The minimum Gasteiger partial charge on any atom is -0.409 e. The fraction of sp³-hybridized carbons (Fsp3) is 0.385. The zero-order valence-corrected chi connectivity index (χ0v) is 12.7. The van der Waals surface area contributed by atoms with Gasteiger partial charge in [0.15, 0.2) is 5.84 Å². The average molecular weight is 360 g/mol. The number of amidine groups is 1. The normalized spacial score (nSPS) is 18.3. The number of ether oxygens (including phenoxy) is 1. The molecule has 1 aromatic carbocycles. The summed E-state index contributed by atoms with van der Waals surface area (Å²) in [6.07, 6.45) is 0.536. The highest BCUT2D eigenvalue weighted by atomic mass is 79.9. The van der Waals surface area contributed by atoms with Gasteiger partial charge in [-0.2, -0.15) is 0 Å². The average Bonchev–Trinajstić information content (AvgIpc) is 2.50. The van der Waals surface area contributed by atoms with Crippen LogP contribution in [0.15, 0.2) is 27.8 Å². The van der Waals surface area contributed by atoms with Gasteiger partial charge in [0.1, 0.15) is 11.2 Å². The lowest BCUT2D eigenvalue weighted by atomic mass is 9.78. The third-order valence-corrected chi connectivity index (χ3v) is 4.05. The molecule has 0 unspecified atom stereocenters. The Bertz CT molecular complexity index is 574. The summed E-state index contributed by atoms with van der Waals surface area (Å²) in [6.45, 7) is 0.620. The molecule has 0 aromatic heterocycles. The lowest BCUT2D eigenvalue weighted by molar-refractivity contribution is -0.126. The number of oxime groups is 1. The van der Waals surface area contributed by atoms with Crippen LogP contribution in [0.1, 0.15) is 12.8 Å². The fourth-order valence-corrected chi connectivity index (χ4v) is 2.61. The van der Waals surface area contributed by atoms with Crippen molar-refractivity contribution in [2.45, 2.75) is 12.8 Å². The molecule has 4 N–H and O–H groups in total. The topological polar surface area (TPSA) is 96.9 Å². The summed E-state index contributed by atoms with van der Waals surface area (Å²) in [5.74, 6) is -1.27. The summed E-state index contributed by atoms with van der Waals surface area (Å²) in [5.41, 5.74) is 4.53. The van der Waals surface area contributed by atoms with Gasteiger partial charge >= 0.3 is 0 Å². The third kappa shape index (κ3) is 3.16. The summed E-state index contributed by atoms with van der Waals surface area (Å²) in [5, 5.41) is 14.4. The molecule has 0 atom stereocenters. The zero-order chi connectivity index (χ0) is 15.5. The molecular formula is C13H15BrFN3O3. The number of hydrogen-bond acceptors (Lipinski definition) is 4. The maximum Gasteiger partial charge on any atom is 0.238 e. The number of nitrogens with zero attached hydrogens (tertiary/aromatic N) is 1. The molecule has 6 nitrogen and oxygen atoms in total. The van der Waals surface area contributed by atoms with Crippen molar-refractivity contribution >= 4 is 33.4 Å². The maximum absolute atomic E-state index is 13.7. The van der Waals surface area contributed by atoms with Gasteiger partial charge in [-0.05, 0) is 31.0 Å². The van der Waals surface area contributed by atoms with Crippen LogP contribution in [0.4, 0.5) is 10.1 Å². The zero-order valence-electron chi connectivity index (χ0n) is 11.1. The number of hydrogen-bond donors (Lipinski definition) is 3. The largest absolute Gasteiger partial charge is 0.409 e. The van der Waals surface area contributed by atoms with Crippen LogP contribution in [0.2, 0.25) is 0 Å². The van der Waals surface area contributed by atoms with E-state index < -0.39 is 17.1 Å². The molecule has 1 aromatic rings. The Morgan fingerprint density at radius 2 is 2.14 bits per heavy atom. The summed E-state index contributed by atoms with van der Waals surface area (Å²) in [4.78, 5) is 12.5. The minimum atomic E-state index is -1.19. The summed E-state index contributed by atoms with van der Waals surface area (Å²) >= 11 is 3.21. The van der Waals surface area contributed by atoms with E-state index in [0.29, 0.717) is 17.7 Å². The molecule has 1 fully saturated rings. The second-order valence-corrected chi connectivity index (χ2v) is 5.67. The molecule has 21 heavy (non-hydrogen) atoms. The standard InChI is InChI=1S/C13H15BrFN3O3/c14-8-1-2-9(15)10(7-8)17-12(19)13(11(16)18-20)3-5-21-6-4-13/h1-2,7,20H,3-6H2,(H2,16,18)(H,17,19). The van der Waals surface area contributed by atoms with Gasteiger partial charge in [0, 0.05) is 17.7 Å². The Kier molecular flexibility index (Phi) is 4.79. The van der Waals surface area contributed by atoms with E-state index in [1.807, 2.05) is 0 Å². The molecule has 0 bridgehead atoms. The number of carbonyl (C=O) groups excluding carboxylic acids is 1. The number of benzene rings is 1. The van der Waals surface area contributed by atoms with E-state index in [0.717, 1.165) is 0 Å². The fourth-order valence-electron chi connectivity index (χ4n) is 2.25. The van der Waals surface area contributed by atoms with Crippen molar-refractivity contribution in [3.05, 3.63) is 28.5 Å². The van der Waals surface area contributed by atoms with Crippen LogP contribution >= 0.6 is 15.9 Å². The molecule has 8 heteroatoms. The minimum absolute atomic E-state index is 0.0333. The van der Waals surface area contributed by atoms with E-state index >= 15 is 0 Å². The molecule has 1 aliphatic rings. The monoisotopic (exact) mass is 359 g/mol. The first-order valence-electron chi connectivity index (χ1n) is 6.32. The van der Waals surface area contributed by atoms with Crippen LogP contribution in [0, 0.1) is 11.2 Å². The predicted molar refractivity (Wildman–Crippen MR) is 78.6 cm³/mol. The Balaban J connectivity index is 2.29. The second kappa shape index (κ2) is 6.40. The Morgan fingerprint density at radius 3 is 2.76 bits per heavy atom. The van der Waals surface area contributed by atoms with Gasteiger partial charge in [-0.15, -0.1) is 0 Å². The van der Waals surface area contributed by atoms with Crippen molar-refractivity contribution in [3.8, 4) is 0 Å². The van der Waals surface area contributed by atoms with Gasteiger partial charge in [0.05, 0.1) is 5.69 Å². The first kappa shape index (κ1) is 15.7. The molecule has 1 amide bonds. The first-order chi connectivity index (χ1) is 9.99. The van der Waals surface area contributed by atoms with E-state index in [4.69, 9.17) is 15.7 Å². The predicted octanol–water partition coefficient (Wildman–Crippen LogP) is 2.07. The Morgan fingerprint density at radius 1 is 1.48 bits per heavy atom. The van der Waals surface area contributed by atoms with Gasteiger partial charge in [0.2, 0.25) is 5.91 Å². The third-order valence-electron chi connectivity index (χ3n) is 3.56. The van der Waals surface area contributed by atoms with Crippen LogP contribution in [0.5, 0.6) is 0 Å². The molecule has 0 aliphatic carbocycles. The van der Waals surface area contributed by atoms with Gasteiger partial charge in [0.25, 0.3) is 0 Å². The van der Waals surface area contributed by atoms with Crippen molar-refractivity contribution in [1.82, 2.24) is 0 Å². The molecule has 114 valence electrons. The number of carbonyl (C=O) groups is 1. The van der Waals surface area contributed by atoms with Gasteiger partial charge in [-0.3, -0.25) is 4.79 Å². The van der Waals surface area contributed by atoms with Gasteiger partial charge in [-0.1, -0.05) is 21.1 Å². The molecule has 0 radical (unpaired) electrons. The second-order valence-electron chi connectivity index (χ2n) is 4.76. The van der Waals surface area contributed by atoms with Crippen LogP contribution in [0.3, 0.4) is 0 Å². The Hall–Kier alpha value is -1.67. The number of anilines is 1. The highest BCUT2D eigenvalue weighted by Gasteiger charge is 2.44. The van der Waals surface area contributed by atoms with E-state index in [9.17, 15) is 9.18 Å². The quantitative estimate of drug-likeness (QED) is 0.333. The molecular weight excluding hydrogens is 345 g/mol. The van der Waals surface area contributed by atoms with Crippen LogP contribution in [-0.4, -0.2) is 30.2 Å². The molecule has 0 saturated carbocycles. The number of nitrogens with one attached hydrogen (secondary N) is 1. The van der Waals surface area contributed by atoms with E-state index in [-0.39, 0.29) is 24.4 Å². The first-order valence-corrected chi connectivity index (χ1v) is 7.11. The van der Waals surface area contributed by atoms with Crippen molar-refractivity contribution in [2.75, 3.05) is 18.5 Å². The van der Waals surface area contributed by atoms with E-state index in [1.54, 1.807) is 0 Å². The number of amides is 1. The molecule has 1 saturated heterocycles. The van der Waals surface area contributed by atoms with Crippen molar-refractivity contribution in [2.24, 2.45) is 16.3 Å². The number of halogens is 2. The molecule has 1 aliphatic heterocycles. The van der Waals surface area contributed by atoms with Gasteiger partial charge < -0.3 is 21.0 Å². The number of rotatable bonds is 3. The van der Waals surface area contributed by atoms with Crippen molar-refractivity contribution in [1.29, 1.82) is 0 Å². The smallest absolute Gasteiger partial charge is 0.238 e. The summed E-state index contributed by atoms with van der Waals surface area (Å²) in [6, 6.07) is 4.21. The Labute approximate surface area is 129 Å². The lowest BCUT2D eigenvalue weighted by Gasteiger charge is -2.34. The summed E-state index contributed by atoms with van der Waals surface area (Å²) in [7, 11) is 0. The molecule has 2 rings (SSSR count). The van der Waals surface area contributed by atoms with Crippen molar-refractivity contribution < 1.29 is 19.1 Å².